The number of ether oxygens (including phenoxy) is 1. The van der Waals surface area contributed by atoms with Crippen LogP contribution in [0.1, 0.15) is 20.3 Å². The first kappa shape index (κ1) is 12.5. The van der Waals surface area contributed by atoms with Crippen molar-refractivity contribution in [2.45, 2.75) is 25.8 Å². The van der Waals surface area contributed by atoms with Crippen molar-refractivity contribution in [3.8, 4) is 5.75 Å². The molecule has 1 amide bonds. The predicted octanol–water partition coefficient (Wildman–Crippen LogP) is 1.90. The summed E-state index contributed by atoms with van der Waals surface area (Å²) in [5.41, 5.74) is 5.18. The van der Waals surface area contributed by atoms with Crippen LogP contribution in [0.2, 0.25) is 0 Å². The molecule has 1 aromatic carbocycles. The van der Waals surface area contributed by atoms with Crippen LogP contribution in [-0.4, -0.2) is 18.2 Å². The highest BCUT2D eigenvalue weighted by atomic mass is 16.6. The Morgan fingerprint density at radius 3 is 2.56 bits per heavy atom. The van der Waals surface area contributed by atoms with Gasteiger partial charge in [-0.15, -0.1) is 0 Å². The quantitative estimate of drug-likeness (QED) is 0.817. The molecule has 1 unspecified atom stereocenters. The van der Waals surface area contributed by atoms with E-state index in [4.69, 9.17) is 10.5 Å². The number of nitrogens with one attached hydrogen (secondary N) is 1. The zero-order valence-corrected chi connectivity index (χ0v) is 9.69. The van der Waals surface area contributed by atoms with Crippen LogP contribution >= 0.6 is 0 Å². The number of benzene rings is 1. The van der Waals surface area contributed by atoms with Gasteiger partial charge in [-0.3, -0.25) is 0 Å². The van der Waals surface area contributed by atoms with Crippen molar-refractivity contribution in [3.63, 3.8) is 0 Å². The number of amides is 1. The van der Waals surface area contributed by atoms with E-state index in [2.05, 4.69) is 5.32 Å². The maximum atomic E-state index is 11.6. The van der Waals surface area contributed by atoms with Crippen LogP contribution in [0.15, 0.2) is 30.3 Å². The molecule has 88 valence electrons. The fraction of sp³-hybridized carbons (Fsp3) is 0.417. The Bertz CT molecular complexity index is 334. The standard InChI is InChI=1S/C12H18N2O2/c1-3-12(2,9-13)14-11(15)16-10-7-5-4-6-8-10/h4-8H,3,9,13H2,1-2H3,(H,14,15). The molecule has 3 N–H and O–H groups in total. The van der Waals surface area contributed by atoms with E-state index in [-0.39, 0.29) is 0 Å². The van der Waals surface area contributed by atoms with E-state index < -0.39 is 11.6 Å². The first-order valence-electron chi connectivity index (χ1n) is 5.35. The molecular weight excluding hydrogens is 204 g/mol. The summed E-state index contributed by atoms with van der Waals surface area (Å²) >= 11 is 0. The van der Waals surface area contributed by atoms with Gasteiger partial charge in [-0.1, -0.05) is 25.1 Å². The van der Waals surface area contributed by atoms with Crippen molar-refractivity contribution in [2.24, 2.45) is 5.73 Å². The number of hydrogen-bond donors (Lipinski definition) is 2. The van der Waals surface area contributed by atoms with Crippen molar-refractivity contribution in [1.29, 1.82) is 0 Å². The van der Waals surface area contributed by atoms with Gasteiger partial charge < -0.3 is 15.8 Å². The number of carbonyl (C=O) groups is 1. The average Bonchev–Trinajstić information content (AvgIpc) is 2.30. The van der Waals surface area contributed by atoms with Gasteiger partial charge in [-0.05, 0) is 25.5 Å². The van der Waals surface area contributed by atoms with Gasteiger partial charge in [0.1, 0.15) is 5.75 Å². The van der Waals surface area contributed by atoms with E-state index in [1.54, 1.807) is 12.1 Å². The Kier molecular flexibility index (Phi) is 4.31. The van der Waals surface area contributed by atoms with Crippen LogP contribution in [0.25, 0.3) is 0 Å². The van der Waals surface area contributed by atoms with Gasteiger partial charge in [-0.25, -0.2) is 4.79 Å². The van der Waals surface area contributed by atoms with E-state index in [0.29, 0.717) is 12.3 Å². The molecule has 0 saturated carbocycles. The molecule has 0 aromatic heterocycles. The number of para-hydroxylation sites is 1. The SMILES string of the molecule is CCC(C)(CN)NC(=O)Oc1ccccc1. The lowest BCUT2D eigenvalue weighted by molar-refractivity contribution is 0.186. The maximum absolute atomic E-state index is 11.6. The lowest BCUT2D eigenvalue weighted by Gasteiger charge is -2.27. The molecular formula is C12H18N2O2. The molecule has 0 fully saturated rings. The first-order valence-corrected chi connectivity index (χ1v) is 5.35. The highest BCUT2D eigenvalue weighted by molar-refractivity contribution is 5.71. The third-order valence-electron chi connectivity index (χ3n) is 2.59. The summed E-state index contributed by atoms with van der Waals surface area (Å²) in [5, 5.41) is 2.76. The highest BCUT2D eigenvalue weighted by Gasteiger charge is 2.23. The molecule has 4 nitrogen and oxygen atoms in total. The van der Waals surface area contributed by atoms with Crippen LogP contribution < -0.4 is 15.8 Å². The normalized spacial score (nSPS) is 13.9. The Balaban J connectivity index is 2.54. The second-order valence-electron chi connectivity index (χ2n) is 3.95. The third kappa shape index (κ3) is 3.55. The van der Waals surface area contributed by atoms with E-state index in [1.165, 1.54) is 0 Å². The van der Waals surface area contributed by atoms with E-state index in [0.717, 1.165) is 6.42 Å². The topological polar surface area (TPSA) is 64.3 Å². The lowest BCUT2D eigenvalue weighted by Crippen LogP contribution is -2.51. The van der Waals surface area contributed by atoms with Gasteiger partial charge in [-0.2, -0.15) is 0 Å². The van der Waals surface area contributed by atoms with Gasteiger partial charge in [0.25, 0.3) is 0 Å². The Morgan fingerprint density at radius 1 is 1.44 bits per heavy atom. The lowest BCUT2D eigenvalue weighted by atomic mass is 10.00. The van der Waals surface area contributed by atoms with Gasteiger partial charge in [0.2, 0.25) is 0 Å². The fourth-order valence-electron chi connectivity index (χ4n) is 1.15. The van der Waals surface area contributed by atoms with Crippen LogP contribution in [0.4, 0.5) is 4.79 Å². The minimum Gasteiger partial charge on any atom is -0.410 e. The molecule has 0 aliphatic carbocycles. The monoisotopic (exact) mass is 222 g/mol. The molecule has 0 aliphatic rings. The summed E-state index contributed by atoms with van der Waals surface area (Å²) in [6, 6.07) is 8.94. The predicted molar refractivity (Wildman–Crippen MR) is 63.4 cm³/mol. The minimum atomic E-state index is -0.471. The fourth-order valence-corrected chi connectivity index (χ4v) is 1.15. The van der Waals surface area contributed by atoms with Gasteiger partial charge in [0.15, 0.2) is 0 Å². The smallest absolute Gasteiger partial charge is 0.410 e. The average molecular weight is 222 g/mol. The zero-order chi connectivity index (χ0) is 12.0. The maximum Gasteiger partial charge on any atom is 0.413 e. The summed E-state index contributed by atoms with van der Waals surface area (Å²) in [5.74, 6) is 0.524. The summed E-state index contributed by atoms with van der Waals surface area (Å²) in [6.45, 7) is 4.24. The molecule has 0 aliphatic heterocycles. The van der Waals surface area contributed by atoms with Crippen LogP contribution in [0, 0.1) is 0 Å². The van der Waals surface area contributed by atoms with Crippen LogP contribution in [-0.2, 0) is 0 Å². The van der Waals surface area contributed by atoms with Gasteiger partial charge >= 0.3 is 6.09 Å². The Morgan fingerprint density at radius 2 is 2.06 bits per heavy atom. The van der Waals surface area contributed by atoms with Crippen molar-refractivity contribution < 1.29 is 9.53 Å². The molecule has 0 saturated heterocycles. The number of nitrogens with two attached hydrogens (primary N) is 1. The second-order valence-corrected chi connectivity index (χ2v) is 3.95. The van der Waals surface area contributed by atoms with Crippen LogP contribution in [0.3, 0.4) is 0 Å². The molecule has 0 spiro atoms. The number of carbonyl (C=O) groups excluding carboxylic acids is 1. The van der Waals surface area contributed by atoms with E-state index in [1.807, 2.05) is 32.0 Å². The number of hydrogen-bond acceptors (Lipinski definition) is 3. The minimum absolute atomic E-state index is 0.382. The van der Waals surface area contributed by atoms with E-state index in [9.17, 15) is 4.79 Å². The van der Waals surface area contributed by atoms with E-state index >= 15 is 0 Å². The first-order chi connectivity index (χ1) is 7.59. The Labute approximate surface area is 95.8 Å². The second kappa shape index (κ2) is 5.51. The molecule has 0 radical (unpaired) electrons. The zero-order valence-electron chi connectivity index (χ0n) is 9.69. The summed E-state index contributed by atoms with van der Waals surface area (Å²) in [7, 11) is 0. The summed E-state index contributed by atoms with van der Waals surface area (Å²) in [6.07, 6.45) is 0.286. The van der Waals surface area contributed by atoms with Crippen LogP contribution in [0.5, 0.6) is 5.75 Å². The van der Waals surface area contributed by atoms with Gasteiger partial charge in [0, 0.05) is 6.54 Å². The third-order valence-corrected chi connectivity index (χ3v) is 2.59. The molecule has 1 rings (SSSR count). The molecule has 0 bridgehead atoms. The van der Waals surface area contributed by atoms with Crippen molar-refractivity contribution in [2.75, 3.05) is 6.54 Å². The van der Waals surface area contributed by atoms with Crippen molar-refractivity contribution in [1.82, 2.24) is 5.32 Å². The van der Waals surface area contributed by atoms with Crippen molar-refractivity contribution >= 4 is 6.09 Å². The molecule has 16 heavy (non-hydrogen) atoms. The highest BCUT2D eigenvalue weighted by Crippen LogP contribution is 2.11. The summed E-state index contributed by atoms with van der Waals surface area (Å²) in [4.78, 5) is 11.6. The number of rotatable bonds is 4. The Hall–Kier alpha value is -1.55. The van der Waals surface area contributed by atoms with Gasteiger partial charge in [0.05, 0.1) is 5.54 Å². The van der Waals surface area contributed by atoms with Crippen molar-refractivity contribution in [3.05, 3.63) is 30.3 Å². The largest absolute Gasteiger partial charge is 0.413 e. The molecule has 1 atom stereocenters. The molecule has 1 aromatic rings. The molecule has 0 heterocycles. The molecule has 4 heteroatoms. The summed E-state index contributed by atoms with van der Waals surface area (Å²) < 4.78 is 5.11.